The van der Waals surface area contributed by atoms with Gasteiger partial charge >= 0.3 is 0 Å². The molecule has 0 N–H and O–H groups in total. The highest BCUT2D eigenvalue weighted by molar-refractivity contribution is 7.85. The van der Waals surface area contributed by atoms with E-state index in [1.54, 1.807) is 10.4 Å². The average Bonchev–Trinajstić information content (AvgIpc) is 4.06. The highest BCUT2D eigenvalue weighted by atomic mass is 31.2. The number of unbranched alkanes of at least 4 members (excludes halogenated alkanes) is 6. The number of nitrogens with zero attached hydrogens (tertiary/aromatic N) is 1. The lowest BCUT2D eigenvalue weighted by atomic mass is 9.96. The van der Waals surface area contributed by atoms with Crippen LogP contribution in [0.1, 0.15) is 151 Å². The Morgan fingerprint density at radius 2 is 0.815 bits per heavy atom. The quantitative estimate of drug-likeness (QED) is 0.0381. The van der Waals surface area contributed by atoms with Gasteiger partial charge in [-0.1, -0.05) is 257 Å². The first-order valence-corrected chi connectivity index (χ1v) is 34.3. The first-order chi connectivity index (χ1) is 32.0. The molecule has 1 aliphatic carbocycles. The minimum atomic E-state index is -1.69. The maximum absolute atomic E-state index is 6.55. The van der Waals surface area contributed by atoms with Crippen LogP contribution < -0.4 is 31.6 Å². The molecule has 0 spiro atoms. The topological polar surface area (TPSA) is 29.5 Å². The van der Waals surface area contributed by atoms with Gasteiger partial charge in [-0.25, -0.2) is 4.44 Å². The maximum atomic E-state index is 6.55. The fourth-order valence-electron chi connectivity index (χ4n) is 11.4. The Morgan fingerprint density at radius 3 is 1.17 bits per heavy atom. The number of furan rings is 2. The van der Waals surface area contributed by atoms with Gasteiger partial charge < -0.3 is 8.83 Å². The van der Waals surface area contributed by atoms with Gasteiger partial charge in [-0.2, -0.15) is 0 Å². The van der Waals surface area contributed by atoms with Crippen molar-refractivity contribution in [2.75, 3.05) is 0 Å². The Balaban J connectivity index is 1.47. The van der Waals surface area contributed by atoms with Crippen molar-refractivity contribution in [2.24, 2.45) is 0 Å². The summed E-state index contributed by atoms with van der Waals surface area (Å²) in [6.07, 6.45) is 26.0. The molecule has 65 heavy (non-hydrogen) atoms. The minimum Gasteiger partial charge on any atom is -0.464 e. The number of hydrogen-bond donors (Lipinski definition) is 0. The summed E-state index contributed by atoms with van der Waals surface area (Å²) in [6, 6.07) is 48.4. The van der Waals surface area contributed by atoms with Crippen LogP contribution in [-0.4, -0.2) is 26.6 Å². The number of fused-ring (bicyclic) bond motifs is 2. The minimum absolute atomic E-state index is 0.440. The summed E-state index contributed by atoms with van der Waals surface area (Å²) in [5, 5.41) is 11.4. The maximum Gasteiger partial charge on any atom is 0.143 e. The Bertz CT molecular complexity index is 2100. The normalized spacial score (nSPS) is 14.2. The highest BCUT2D eigenvalue weighted by Gasteiger charge is 2.41. The van der Waals surface area contributed by atoms with Gasteiger partial charge in [0.25, 0.3) is 0 Å². The molecule has 4 aromatic carbocycles. The predicted octanol–water partition coefficient (Wildman–Crippen LogP) is 16.3. The molecule has 0 atom stereocenters. The van der Waals surface area contributed by atoms with Crippen LogP contribution in [0.4, 0.5) is 0 Å². The van der Waals surface area contributed by atoms with Gasteiger partial charge in [0.2, 0.25) is 0 Å². The van der Waals surface area contributed by atoms with Crippen molar-refractivity contribution in [1.29, 1.82) is 0 Å². The number of para-hydroxylation sites is 2. The van der Waals surface area contributed by atoms with E-state index in [2.05, 4.69) is 143 Å². The van der Waals surface area contributed by atoms with Crippen molar-refractivity contribution in [3.8, 4) is 0 Å². The predicted molar refractivity (Wildman–Crippen MR) is 295 cm³/mol. The molecular weight excluding hydrogens is 861 g/mol. The van der Waals surface area contributed by atoms with Crippen LogP contribution in [0.3, 0.4) is 0 Å². The van der Waals surface area contributed by atoms with Gasteiger partial charge in [-0.3, -0.25) is 0 Å². The van der Waals surface area contributed by atoms with Crippen molar-refractivity contribution in [2.45, 2.75) is 193 Å². The van der Waals surface area contributed by atoms with Crippen LogP contribution in [0.2, 0.25) is 36.3 Å². The summed E-state index contributed by atoms with van der Waals surface area (Å²) in [6.45, 7) is 14.4. The summed E-state index contributed by atoms with van der Waals surface area (Å²) in [7, 11) is -5.42. The fourth-order valence-corrected chi connectivity index (χ4v) is 29.1. The van der Waals surface area contributed by atoms with E-state index in [0.717, 1.165) is 11.2 Å². The molecule has 2 aromatic heterocycles. The third-order valence-corrected chi connectivity index (χ3v) is 31.9. The second-order valence-corrected chi connectivity index (χ2v) is 33.4. The first kappa shape index (κ1) is 50.1. The molecule has 0 aliphatic heterocycles. The third-order valence-electron chi connectivity index (χ3n) is 15.2. The zero-order chi connectivity index (χ0) is 45.5. The molecule has 1 aliphatic rings. The summed E-state index contributed by atoms with van der Waals surface area (Å²) in [4.78, 5) is 0. The van der Waals surface area contributed by atoms with E-state index in [1.165, 1.54) is 177 Å². The zero-order valence-corrected chi connectivity index (χ0v) is 45.2. The molecule has 1 fully saturated rings. The highest BCUT2D eigenvalue weighted by Crippen LogP contribution is 2.59. The smallest absolute Gasteiger partial charge is 0.143 e. The van der Waals surface area contributed by atoms with Crippen LogP contribution in [0.25, 0.3) is 21.9 Å². The second kappa shape index (κ2) is 25.0. The molecule has 2 heterocycles. The Kier molecular flexibility index (Phi) is 19.3. The van der Waals surface area contributed by atoms with Crippen LogP contribution >= 0.6 is 16.1 Å². The molecule has 0 radical (unpaired) electrons. The van der Waals surface area contributed by atoms with Crippen LogP contribution in [-0.2, 0) is 0 Å². The number of rotatable bonds is 27. The lowest BCUT2D eigenvalue weighted by Crippen LogP contribution is -2.48. The standard InChI is InChI=1S/C58H83NO2P2Si2/c1-7-13-42-64(43-14-8-2,44-15-9-3)53-34-30-51(31-35-53)62(52-32-36-54(37-33-52)65(45-16-10-4,46-17-11-5)47-18-12-6)59(50-26-20-19-21-27-50)63(55-28-22-24-48-38-40-60-57(48)55)56-29-23-25-49-39-41-61-58(49)56/h22-25,28-41,50H,7-21,26-27,42-47H2,1-6H3. The van der Waals surface area contributed by atoms with Crippen molar-refractivity contribution < 1.29 is 8.83 Å². The van der Waals surface area contributed by atoms with E-state index in [9.17, 15) is 0 Å². The SMILES string of the molecule is CCCC[Si](CCCC)(CCCC)c1ccc(P(c2ccc([Si](CCCC)(CCCC)CCCC)cc2)N(C2CCCCC2)P(c2cccc3ccoc23)c2cccc3ccoc23)cc1. The van der Waals surface area contributed by atoms with Crippen molar-refractivity contribution in [3.05, 3.63) is 110 Å². The first-order valence-electron chi connectivity index (χ1n) is 26.5. The molecule has 0 saturated heterocycles. The summed E-state index contributed by atoms with van der Waals surface area (Å²) in [5.74, 6) is 0. The molecule has 0 unspecified atom stereocenters. The van der Waals surface area contributed by atoms with Crippen molar-refractivity contribution >= 4 is 85.8 Å². The average molecular weight is 944 g/mol. The monoisotopic (exact) mass is 944 g/mol. The largest absolute Gasteiger partial charge is 0.464 e. The molecule has 7 heteroatoms. The van der Waals surface area contributed by atoms with E-state index in [1.807, 2.05) is 12.5 Å². The molecule has 350 valence electrons. The van der Waals surface area contributed by atoms with Crippen molar-refractivity contribution in [1.82, 2.24) is 4.44 Å². The number of hydrogen-bond acceptors (Lipinski definition) is 3. The molecule has 7 rings (SSSR count). The second-order valence-electron chi connectivity index (χ2n) is 19.7. The van der Waals surface area contributed by atoms with Crippen LogP contribution in [0.5, 0.6) is 0 Å². The van der Waals surface area contributed by atoms with Gasteiger partial charge in [0.05, 0.1) is 28.7 Å². The summed E-state index contributed by atoms with van der Waals surface area (Å²) in [5.41, 5.74) is 2.06. The van der Waals surface area contributed by atoms with E-state index in [4.69, 9.17) is 8.83 Å². The molecule has 1 saturated carbocycles. The Hall–Kier alpha value is -2.79. The Labute approximate surface area is 399 Å². The van der Waals surface area contributed by atoms with Gasteiger partial charge in [0.15, 0.2) is 0 Å². The van der Waals surface area contributed by atoms with Gasteiger partial charge in [0.1, 0.15) is 11.2 Å². The van der Waals surface area contributed by atoms with Crippen molar-refractivity contribution in [3.63, 3.8) is 0 Å². The lowest BCUT2D eigenvalue weighted by Gasteiger charge is -2.45. The Morgan fingerprint density at radius 1 is 0.446 bits per heavy atom. The summed E-state index contributed by atoms with van der Waals surface area (Å²) >= 11 is 0. The fraction of sp³-hybridized carbons (Fsp3) is 0.517. The summed E-state index contributed by atoms with van der Waals surface area (Å²) < 4.78 is 16.2. The van der Waals surface area contributed by atoms with Gasteiger partial charge in [-0.15, -0.1) is 0 Å². The number of benzene rings is 4. The molecule has 3 nitrogen and oxygen atoms in total. The molecule has 6 aromatic rings. The molecule has 0 bridgehead atoms. The van der Waals surface area contributed by atoms with E-state index in [0.29, 0.717) is 6.04 Å². The lowest BCUT2D eigenvalue weighted by molar-refractivity contribution is 0.355. The third kappa shape index (κ3) is 11.7. The van der Waals surface area contributed by atoms with E-state index >= 15 is 0 Å². The molecular formula is C58H83NO2P2Si2. The zero-order valence-electron chi connectivity index (χ0n) is 41.4. The van der Waals surface area contributed by atoms with Crippen LogP contribution in [0.15, 0.2) is 118 Å². The van der Waals surface area contributed by atoms with E-state index < -0.39 is 32.3 Å². The molecule has 0 amide bonds. The van der Waals surface area contributed by atoms with Gasteiger partial charge in [0, 0.05) is 43.6 Å². The van der Waals surface area contributed by atoms with Gasteiger partial charge in [-0.05, 0) is 47.7 Å². The van der Waals surface area contributed by atoms with E-state index in [-0.39, 0.29) is 0 Å². The van der Waals surface area contributed by atoms with Crippen LogP contribution in [0, 0.1) is 0 Å².